The molecule has 0 saturated carbocycles. The van der Waals surface area contributed by atoms with Crippen LogP contribution >= 0.6 is 0 Å². The summed E-state index contributed by atoms with van der Waals surface area (Å²) < 4.78 is 21.6. The lowest BCUT2D eigenvalue weighted by molar-refractivity contribution is -0.137. The second-order valence-electron chi connectivity index (χ2n) is 4.12. The smallest absolute Gasteiger partial charge is 0.463 e. The van der Waals surface area contributed by atoms with Crippen molar-refractivity contribution < 1.29 is 22.8 Å². The van der Waals surface area contributed by atoms with Crippen LogP contribution in [-0.2, 0) is 22.8 Å². The lowest BCUT2D eigenvalue weighted by Crippen LogP contribution is -2.44. The fourth-order valence-corrected chi connectivity index (χ4v) is 3.62. The van der Waals surface area contributed by atoms with Crippen LogP contribution in [-0.4, -0.2) is 42.2 Å². The molecule has 0 aliphatic carbocycles. The summed E-state index contributed by atoms with van der Waals surface area (Å²) in [7, 11) is 0.722. The van der Waals surface area contributed by atoms with Crippen LogP contribution in [0.4, 0.5) is 0 Å². The maximum absolute atomic E-state index is 10.9. The Morgan fingerprint density at radius 2 is 1.84 bits per heavy atom. The number of unbranched alkanes of at least 4 members (excludes halogenated alkanes) is 2. The van der Waals surface area contributed by atoms with E-state index in [1.54, 1.807) is 14.2 Å². The molecule has 112 valence electrons. The molecule has 0 spiro atoms. The highest BCUT2D eigenvalue weighted by molar-refractivity contribution is 6.60. The molecule has 0 aromatic rings. The van der Waals surface area contributed by atoms with Crippen molar-refractivity contribution in [1.82, 2.24) is 0 Å². The third-order valence-electron chi connectivity index (χ3n) is 2.73. The molecule has 0 atom stereocenters. The molecule has 0 aliphatic rings. The summed E-state index contributed by atoms with van der Waals surface area (Å²) in [6.07, 6.45) is 4.84. The van der Waals surface area contributed by atoms with E-state index < -0.39 is 8.80 Å². The first kappa shape index (κ1) is 18.3. The summed E-state index contributed by atoms with van der Waals surface area (Å²) in [5.41, 5.74) is 0. The zero-order valence-corrected chi connectivity index (χ0v) is 13.3. The van der Waals surface area contributed by atoms with Crippen LogP contribution in [0.3, 0.4) is 0 Å². The van der Waals surface area contributed by atoms with E-state index in [4.69, 9.17) is 18.0 Å². The fourth-order valence-electron chi connectivity index (χ4n) is 1.52. The van der Waals surface area contributed by atoms with Crippen molar-refractivity contribution in [3.8, 4) is 0 Å². The van der Waals surface area contributed by atoms with E-state index in [2.05, 4.69) is 13.5 Å². The average molecular weight is 290 g/mol. The summed E-state index contributed by atoms with van der Waals surface area (Å²) in [6.45, 7) is 6.50. The molecule has 6 heteroatoms. The highest BCUT2D eigenvalue weighted by Crippen LogP contribution is 2.18. The molecule has 0 aliphatic heterocycles. The van der Waals surface area contributed by atoms with Crippen LogP contribution in [0.25, 0.3) is 0 Å². The molecule has 0 rings (SSSR count). The standard InChI is InChI=1S/C13H26O5Si/c1-5-7-11-18-19(15-3,16-4)12-9-8-10-17-13(14)6-2/h6H,2,5,7-12H2,1,3-4H3. The molecule has 5 nitrogen and oxygen atoms in total. The van der Waals surface area contributed by atoms with Crippen molar-refractivity contribution in [3.05, 3.63) is 12.7 Å². The Morgan fingerprint density at radius 1 is 1.16 bits per heavy atom. The van der Waals surface area contributed by atoms with Gasteiger partial charge in [-0.25, -0.2) is 4.79 Å². The molecule has 0 aromatic carbocycles. The predicted molar refractivity (Wildman–Crippen MR) is 75.8 cm³/mol. The Bertz CT molecular complexity index is 253. The van der Waals surface area contributed by atoms with Crippen molar-refractivity contribution in [2.75, 3.05) is 27.4 Å². The molecule has 0 saturated heterocycles. The zero-order chi connectivity index (χ0) is 14.6. The van der Waals surface area contributed by atoms with Gasteiger partial charge in [0.25, 0.3) is 0 Å². The minimum Gasteiger partial charge on any atom is -0.463 e. The molecule has 0 bridgehead atoms. The highest BCUT2D eigenvalue weighted by Gasteiger charge is 2.38. The minimum absolute atomic E-state index is 0.387. The van der Waals surface area contributed by atoms with E-state index in [9.17, 15) is 4.79 Å². The van der Waals surface area contributed by atoms with Gasteiger partial charge in [0.15, 0.2) is 0 Å². The number of hydrogen-bond donors (Lipinski definition) is 0. The number of ether oxygens (including phenoxy) is 1. The molecule has 0 N–H and O–H groups in total. The number of hydrogen-bond acceptors (Lipinski definition) is 5. The van der Waals surface area contributed by atoms with Crippen LogP contribution in [0.2, 0.25) is 6.04 Å². The SMILES string of the molecule is C=CC(=O)OCCCC[Si](OC)(OC)OCCCC. The summed E-state index contributed by atoms with van der Waals surface area (Å²) in [5, 5.41) is 0. The van der Waals surface area contributed by atoms with Gasteiger partial charge in [0.2, 0.25) is 0 Å². The van der Waals surface area contributed by atoms with Crippen molar-refractivity contribution in [3.63, 3.8) is 0 Å². The molecule has 0 fully saturated rings. The Morgan fingerprint density at radius 3 is 2.37 bits per heavy atom. The minimum atomic E-state index is -2.53. The lowest BCUT2D eigenvalue weighted by atomic mass is 10.4. The molecular formula is C13H26O5Si. The van der Waals surface area contributed by atoms with Crippen molar-refractivity contribution in [2.24, 2.45) is 0 Å². The van der Waals surface area contributed by atoms with E-state index in [1.807, 2.05) is 0 Å². The second kappa shape index (κ2) is 11.2. The number of rotatable bonds is 12. The van der Waals surface area contributed by atoms with Crippen LogP contribution in [0.15, 0.2) is 12.7 Å². The van der Waals surface area contributed by atoms with Crippen molar-refractivity contribution in [1.29, 1.82) is 0 Å². The van der Waals surface area contributed by atoms with Gasteiger partial charge < -0.3 is 18.0 Å². The summed E-state index contributed by atoms with van der Waals surface area (Å²) in [6, 6.07) is 0.732. The first-order chi connectivity index (χ1) is 9.14. The normalized spacial score (nSPS) is 11.3. The van der Waals surface area contributed by atoms with Gasteiger partial charge in [-0.3, -0.25) is 0 Å². The number of carbonyl (C=O) groups excluding carboxylic acids is 1. The average Bonchev–Trinajstić information content (AvgIpc) is 2.45. The van der Waals surface area contributed by atoms with E-state index in [1.165, 1.54) is 0 Å². The van der Waals surface area contributed by atoms with Gasteiger partial charge in [-0.15, -0.1) is 0 Å². The van der Waals surface area contributed by atoms with E-state index in [0.29, 0.717) is 13.2 Å². The Labute approximate surface area is 117 Å². The second-order valence-corrected chi connectivity index (χ2v) is 7.09. The largest absolute Gasteiger partial charge is 0.500 e. The molecular weight excluding hydrogens is 264 g/mol. The maximum atomic E-state index is 10.9. The van der Waals surface area contributed by atoms with Crippen LogP contribution in [0.5, 0.6) is 0 Å². The van der Waals surface area contributed by atoms with Gasteiger partial charge in [-0.2, -0.15) is 0 Å². The molecule has 0 amide bonds. The maximum Gasteiger partial charge on any atom is 0.500 e. The highest BCUT2D eigenvalue weighted by atomic mass is 28.4. The Balaban J connectivity index is 3.92. The fraction of sp³-hybridized carbons (Fsp3) is 0.769. The van der Waals surface area contributed by atoms with Gasteiger partial charge in [0, 0.05) is 32.9 Å². The van der Waals surface area contributed by atoms with Gasteiger partial charge in [-0.05, 0) is 19.3 Å². The Hall–Kier alpha value is -0.693. The van der Waals surface area contributed by atoms with Gasteiger partial charge >= 0.3 is 14.8 Å². The molecule has 19 heavy (non-hydrogen) atoms. The quantitative estimate of drug-likeness (QED) is 0.239. The van der Waals surface area contributed by atoms with Gasteiger partial charge in [0.1, 0.15) is 0 Å². The van der Waals surface area contributed by atoms with E-state index in [0.717, 1.165) is 37.8 Å². The lowest BCUT2D eigenvalue weighted by Gasteiger charge is -2.26. The third kappa shape index (κ3) is 8.15. The van der Waals surface area contributed by atoms with Crippen molar-refractivity contribution >= 4 is 14.8 Å². The van der Waals surface area contributed by atoms with Crippen LogP contribution in [0.1, 0.15) is 32.6 Å². The van der Waals surface area contributed by atoms with Crippen molar-refractivity contribution in [2.45, 2.75) is 38.7 Å². The number of carbonyl (C=O) groups is 1. The van der Waals surface area contributed by atoms with E-state index in [-0.39, 0.29) is 5.97 Å². The first-order valence-corrected chi connectivity index (χ1v) is 8.60. The molecule has 0 aromatic heterocycles. The predicted octanol–water partition coefficient (Wildman–Crippen LogP) is 2.54. The Kier molecular flexibility index (Phi) is 10.8. The molecule has 0 radical (unpaired) electrons. The van der Waals surface area contributed by atoms with Crippen LogP contribution in [0, 0.1) is 0 Å². The first-order valence-electron chi connectivity index (χ1n) is 6.67. The van der Waals surface area contributed by atoms with E-state index >= 15 is 0 Å². The topological polar surface area (TPSA) is 54.0 Å². The van der Waals surface area contributed by atoms with Crippen LogP contribution < -0.4 is 0 Å². The summed E-state index contributed by atoms with van der Waals surface area (Å²) in [5.74, 6) is -0.388. The van der Waals surface area contributed by atoms with Gasteiger partial charge in [-0.1, -0.05) is 19.9 Å². The molecule has 0 heterocycles. The van der Waals surface area contributed by atoms with Gasteiger partial charge in [0.05, 0.1) is 6.61 Å². The monoisotopic (exact) mass is 290 g/mol. The summed E-state index contributed by atoms with van der Waals surface area (Å²) in [4.78, 5) is 10.9. The number of esters is 1. The third-order valence-corrected chi connectivity index (χ3v) is 5.58. The molecule has 0 unspecified atom stereocenters. The zero-order valence-electron chi connectivity index (χ0n) is 12.3. The summed E-state index contributed by atoms with van der Waals surface area (Å²) >= 11 is 0.